The van der Waals surface area contributed by atoms with Gasteiger partial charge in [0.15, 0.2) is 0 Å². The third-order valence-electron chi connectivity index (χ3n) is 3.92. The average Bonchev–Trinajstić information content (AvgIpc) is 3.18. The summed E-state index contributed by atoms with van der Waals surface area (Å²) in [6, 6.07) is 9.14. The lowest BCUT2D eigenvalue weighted by Crippen LogP contribution is -2.34. The van der Waals surface area contributed by atoms with Gasteiger partial charge in [0.05, 0.1) is 12.6 Å². The van der Waals surface area contributed by atoms with E-state index in [1.165, 1.54) is 0 Å². The SMILES string of the molecule is CCOc1ccc(NC(=O)N2CCC[C@@H]2c2cc(C)on2)cc1. The number of anilines is 1. The Hall–Kier alpha value is -2.50. The first-order valence-corrected chi connectivity index (χ1v) is 7.91. The summed E-state index contributed by atoms with van der Waals surface area (Å²) in [6.45, 7) is 5.14. The van der Waals surface area contributed by atoms with Gasteiger partial charge in [-0.1, -0.05) is 5.16 Å². The Labute approximate surface area is 135 Å². The van der Waals surface area contributed by atoms with Crippen LogP contribution in [0.25, 0.3) is 0 Å². The largest absolute Gasteiger partial charge is 0.494 e. The number of nitrogens with one attached hydrogen (secondary N) is 1. The molecule has 1 N–H and O–H groups in total. The summed E-state index contributed by atoms with van der Waals surface area (Å²) < 4.78 is 10.5. The normalized spacial score (nSPS) is 17.3. The lowest BCUT2D eigenvalue weighted by Gasteiger charge is -2.23. The molecule has 1 aromatic carbocycles. The van der Waals surface area contributed by atoms with E-state index in [0.717, 1.165) is 42.3 Å². The summed E-state index contributed by atoms with van der Waals surface area (Å²) in [5.41, 5.74) is 1.57. The molecule has 0 spiro atoms. The van der Waals surface area contributed by atoms with Crippen LogP contribution in [0.4, 0.5) is 10.5 Å². The standard InChI is InChI=1S/C17H21N3O3/c1-3-22-14-8-6-13(7-9-14)18-17(21)20-10-4-5-16(20)15-11-12(2)23-19-15/h6-9,11,16H,3-5,10H2,1-2H3,(H,18,21)/t16-/m1/s1. The maximum atomic E-state index is 12.5. The number of nitrogens with zero attached hydrogens (tertiary/aromatic N) is 2. The molecule has 1 aromatic heterocycles. The molecule has 1 aliphatic heterocycles. The molecule has 6 nitrogen and oxygen atoms in total. The number of carbonyl (C=O) groups excluding carboxylic acids is 1. The molecule has 0 unspecified atom stereocenters. The summed E-state index contributed by atoms with van der Waals surface area (Å²) in [7, 11) is 0. The molecule has 3 rings (SSSR count). The average molecular weight is 315 g/mol. The van der Waals surface area contributed by atoms with Gasteiger partial charge in [-0.05, 0) is 51.0 Å². The van der Waals surface area contributed by atoms with E-state index in [1.807, 2.05) is 49.1 Å². The summed E-state index contributed by atoms with van der Waals surface area (Å²) in [4.78, 5) is 14.4. The summed E-state index contributed by atoms with van der Waals surface area (Å²) >= 11 is 0. The van der Waals surface area contributed by atoms with Gasteiger partial charge in [-0.3, -0.25) is 0 Å². The molecule has 1 atom stereocenters. The van der Waals surface area contributed by atoms with E-state index < -0.39 is 0 Å². The molecule has 0 radical (unpaired) electrons. The Balaban J connectivity index is 1.67. The number of urea groups is 1. The van der Waals surface area contributed by atoms with Crippen molar-refractivity contribution in [2.24, 2.45) is 0 Å². The second-order valence-electron chi connectivity index (χ2n) is 5.60. The minimum Gasteiger partial charge on any atom is -0.494 e. The van der Waals surface area contributed by atoms with Crippen molar-refractivity contribution >= 4 is 11.7 Å². The molecule has 1 saturated heterocycles. The van der Waals surface area contributed by atoms with Gasteiger partial charge >= 0.3 is 6.03 Å². The third-order valence-corrected chi connectivity index (χ3v) is 3.92. The van der Waals surface area contributed by atoms with Crippen molar-refractivity contribution in [1.82, 2.24) is 10.1 Å². The second kappa shape index (κ2) is 6.73. The monoisotopic (exact) mass is 315 g/mol. The van der Waals surface area contributed by atoms with Gasteiger partial charge in [-0.15, -0.1) is 0 Å². The zero-order valence-electron chi connectivity index (χ0n) is 13.4. The first kappa shape index (κ1) is 15.4. The van der Waals surface area contributed by atoms with Gasteiger partial charge < -0.3 is 19.5 Å². The zero-order valence-corrected chi connectivity index (χ0v) is 13.4. The van der Waals surface area contributed by atoms with Crippen LogP contribution < -0.4 is 10.1 Å². The van der Waals surface area contributed by atoms with Gasteiger partial charge in [0.2, 0.25) is 0 Å². The van der Waals surface area contributed by atoms with E-state index in [0.29, 0.717) is 6.61 Å². The highest BCUT2D eigenvalue weighted by Crippen LogP contribution is 2.32. The van der Waals surface area contributed by atoms with Crippen LogP contribution in [0.5, 0.6) is 5.75 Å². The van der Waals surface area contributed by atoms with Crippen molar-refractivity contribution in [2.45, 2.75) is 32.7 Å². The molecule has 23 heavy (non-hydrogen) atoms. The number of amides is 2. The topological polar surface area (TPSA) is 67.6 Å². The first-order chi connectivity index (χ1) is 11.2. The quantitative estimate of drug-likeness (QED) is 0.933. The maximum absolute atomic E-state index is 12.5. The highest BCUT2D eigenvalue weighted by Gasteiger charge is 2.32. The molecule has 0 aliphatic carbocycles. The third kappa shape index (κ3) is 3.47. The summed E-state index contributed by atoms with van der Waals surface area (Å²) in [5, 5.41) is 6.99. The van der Waals surface area contributed by atoms with Crippen LogP contribution in [-0.4, -0.2) is 29.2 Å². The number of benzene rings is 1. The number of aromatic nitrogens is 1. The molecule has 0 saturated carbocycles. The molecule has 0 bridgehead atoms. The number of rotatable bonds is 4. The Kier molecular flexibility index (Phi) is 4.50. The van der Waals surface area contributed by atoms with Gasteiger partial charge in [0, 0.05) is 18.3 Å². The Morgan fingerprint density at radius 2 is 2.22 bits per heavy atom. The molecule has 2 aromatic rings. The number of carbonyl (C=O) groups is 1. The van der Waals surface area contributed by atoms with Crippen molar-refractivity contribution in [3.05, 3.63) is 41.8 Å². The molecular weight excluding hydrogens is 294 g/mol. The van der Waals surface area contributed by atoms with Crippen molar-refractivity contribution < 1.29 is 14.1 Å². The molecular formula is C17H21N3O3. The summed E-state index contributed by atoms with van der Waals surface area (Å²) in [6.07, 6.45) is 1.87. The zero-order chi connectivity index (χ0) is 16.2. The van der Waals surface area contributed by atoms with Gasteiger partial charge in [0.1, 0.15) is 17.2 Å². The van der Waals surface area contributed by atoms with Crippen LogP contribution in [0.3, 0.4) is 0 Å². The van der Waals surface area contributed by atoms with Crippen LogP contribution >= 0.6 is 0 Å². The minimum absolute atomic E-state index is 0.0184. The van der Waals surface area contributed by atoms with E-state index in [2.05, 4.69) is 10.5 Å². The second-order valence-corrected chi connectivity index (χ2v) is 5.60. The number of hydrogen-bond acceptors (Lipinski definition) is 4. The predicted octanol–water partition coefficient (Wildman–Crippen LogP) is 3.75. The fourth-order valence-electron chi connectivity index (χ4n) is 2.86. The fourth-order valence-corrected chi connectivity index (χ4v) is 2.86. The highest BCUT2D eigenvalue weighted by atomic mass is 16.5. The number of aryl methyl sites for hydroxylation is 1. The number of likely N-dealkylation sites (tertiary alicyclic amines) is 1. The lowest BCUT2D eigenvalue weighted by atomic mass is 10.1. The van der Waals surface area contributed by atoms with Crippen LogP contribution in [0.15, 0.2) is 34.9 Å². The highest BCUT2D eigenvalue weighted by molar-refractivity contribution is 5.89. The number of ether oxygens (including phenoxy) is 1. The predicted molar refractivity (Wildman–Crippen MR) is 86.6 cm³/mol. The van der Waals surface area contributed by atoms with E-state index in [1.54, 1.807) is 0 Å². The van der Waals surface area contributed by atoms with Gasteiger partial charge in [-0.25, -0.2) is 4.79 Å². The van der Waals surface area contributed by atoms with E-state index >= 15 is 0 Å². The molecule has 122 valence electrons. The van der Waals surface area contributed by atoms with E-state index in [9.17, 15) is 4.79 Å². The van der Waals surface area contributed by atoms with Crippen molar-refractivity contribution in [3.63, 3.8) is 0 Å². The van der Waals surface area contributed by atoms with Crippen molar-refractivity contribution in [3.8, 4) is 5.75 Å². The molecule has 2 heterocycles. The molecule has 1 aliphatic rings. The van der Waals surface area contributed by atoms with Crippen LogP contribution in [-0.2, 0) is 0 Å². The Morgan fingerprint density at radius 3 is 2.87 bits per heavy atom. The van der Waals surface area contributed by atoms with Gasteiger partial charge in [0.25, 0.3) is 0 Å². The van der Waals surface area contributed by atoms with Gasteiger partial charge in [-0.2, -0.15) is 0 Å². The Morgan fingerprint density at radius 1 is 1.43 bits per heavy atom. The molecule has 6 heteroatoms. The smallest absolute Gasteiger partial charge is 0.322 e. The van der Waals surface area contributed by atoms with Crippen molar-refractivity contribution in [1.29, 1.82) is 0 Å². The van der Waals surface area contributed by atoms with Crippen LogP contribution in [0.1, 0.15) is 37.3 Å². The summed E-state index contributed by atoms with van der Waals surface area (Å²) in [5.74, 6) is 1.56. The fraction of sp³-hybridized carbons (Fsp3) is 0.412. The van der Waals surface area contributed by atoms with Crippen LogP contribution in [0, 0.1) is 6.92 Å². The maximum Gasteiger partial charge on any atom is 0.322 e. The van der Waals surface area contributed by atoms with E-state index in [4.69, 9.17) is 9.26 Å². The van der Waals surface area contributed by atoms with Crippen molar-refractivity contribution in [2.75, 3.05) is 18.5 Å². The van der Waals surface area contributed by atoms with Crippen LogP contribution in [0.2, 0.25) is 0 Å². The first-order valence-electron chi connectivity index (χ1n) is 7.91. The molecule has 2 amide bonds. The Bertz CT molecular complexity index is 666. The van der Waals surface area contributed by atoms with E-state index in [-0.39, 0.29) is 12.1 Å². The minimum atomic E-state index is -0.114. The molecule has 1 fully saturated rings. The lowest BCUT2D eigenvalue weighted by molar-refractivity contribution is 0.204. The number of hydrogen-bond donors (Lipinski definition) is 1.